The van der Waals surface area contributed by atoms with Gasteiger partial charge in [0.05, 0.1) is 6.04 Å². The van der Waals surface area contributed by atoms with Gasteiger partial charge in [-0.2, -0.15) is 4.98 Å². The highest BCUT2D eigenvalue weighted by molar-refractivity contribution is 5.81. The Morgan fingerprint density at radius 3 is 2.64 bits per heavy atom. The van der Waals surface area contributed by atoms with E-state index in [1.54, 1.807) is 0 Å². The van der Waals surface area contributed by atoms with Gasteiger partial charge in [-0.1, -0.05) is 24.8 Å². The normalized spacial score (nSPS) is 19.2. The van der Waals surface area contributed by atoms with Crippen molar-refractivity contribution in [2.24, 2.45) is 5.92 Å². The minimum absolute atomic E-state index is 0.0461. The molecule has 5 heterocycles. The molecule has 2 fully saturated rings. The van der Waals surface area contributed by atoms with Crippen molar-refractivity contribution in [3.63, 3.8) is 0 Å². The number of benzene rings is 2. The van der Waals surface area contributed by atoms with Gasteiger partial charge in [0.25, 0.3) is 5.56 Å². The third-order valence-corrected chi connectivity index (χ3v) is 8.80. The fourth-order valence-electron chi connectivity index (χ4n) is 6.43. The van der Waals surface area contributed by atoms with E-state index < -0.39 is 0 Å². The number of piperazine rings is 1. The summed E-state index contributed by atoms with van der Waals surface area (Å²) in [4.78, 5) is 26.3. The van der Waals surface area contributed by atoms with Crippen LogP contribution in [0.2, 0.25) is 0 Å². The van der Waals surface area contributed by atoms with Crippen LogP contribution in [-0.4, -0.2) is 60.5 Å². The number of rotatable bonds is 6. The molecule has 4 aromatic rings. The van der Waals surface area contributed by atoms with Crippen LogP contribution < -0.4 is 26.4 Å². The van der Waals surface area contributed by atoms with E-state index in [1.807, 2.05) is 29.0 Å². The second-order valence-electron chi connectivity index (χ2n) is 11.4. The maximum atomic E-state index is 14.3. The Balaban J connectivity index is 1.25. The van der Waals surface area contributed by atoms with E-state index in [4.69, 9.17) is 9.72 Å². The molecular weight excluding hydrogens is 526 g/mol. The lowest BCUT2D eigenvalue weighted by molar-refractivity contribution is 0.0808. The predicted octanol–water partition coefficient (Wildman–Crippen LogP) is 4.59. The Bertz CT molecular complexity index is 1650. The van der Waals surface area contributed by atoms with Crippen LogP contribution >= 0.6 is 0 Å². The smallest absolute Gasteiger partial charge is 0.260 e. The number of anilines is 4. The van der Waals surface area contributed by atoms with Gasteiger partial charge in [-0.25, -0.2) is 4.98 Å². The molecule has 7 rings (SSSR count). The molecule has 0 radical (unpaired) electrons. The highest BCUT2D eigenvalue weighted by Crippen LogP contribution is 2.32. The fourth-order valence-corrected chi connectivity index (χ4v) is 6.43. The number of pyridine rings is 1. The number of nitrogens with zero attached hydrogens (tertiary/aromatic N) is 4. The molecule has 9 heteroatoms. The van der Waals surface area contributed by atoms with Crippen LogP contribution in [0.15, 0.2) is 72.2 Å². The second kappa shape index (κ2) is 11.6. The Kier molecular flexibility index (Phi) is 7.36. The number of fused-ring (bicyclic) bond motifs is 2. The lowest BCUT2D eigenvalue weighted by atomic mass is 9.88. The van der Waals surface area contributed by atoms with Gasteiger partial charge in [0.2, 0.25) is 5.95 Å². The summed E-state index contributed by atoms with van der Waals surface area (Å²) in [5, 5.41) is 11.1. The van der Waals surface area contributed by atoms with Crippen molar-refractivity contribution < 1.29 is 4.74 Å². The number of ether oxygens (including phenoxy) is 1. The van der Waals surface area contributed by atoms with Gasteiger partial charge in [-0.15, -0.1) is 0 Å². The van der Waals surface area contributed by atoms with Gasteiger partial charge < -0.3 is 25.6 Å². The molecule has 0 saturated carbocycles. The van der Waals surface area contributed by atoms with Crippen LogP contribution in [0.5, 0.6) is 0 Å². The number of allylic oxidation sites excluding steroid dienone is 1. The molecule has 2 saturated heterocycles. The van der Waals surface area contributed by atoms with Crippen LogP contribution in [0.1, 0.15) is 30.0 Å². The molecule has 0 aliphatic carbocycles. The Hall–Kier alpha value is -4.21. The van der Waals surface area contributed by atoms with E-state index in [0.29, 0.717) is 36.9 Å². The van der Waals surface area contributed by atoms with E-state index in [9.17, 15) is 4.79 Å². The van der Waals surface area contributed by atoms with Gasteiger partial charge in [0.15, 0.2) is 0 Å². The van der Waals surface area contributed by atoms with Crippen molar-refractivity contribution in [2.45, 2.75) is 25.3 Å². The number of hydrogen-bond donors (Lipinski definition) is 3. The second-order valence-corrected chi connectivity index (χ2v) is 11.4. The quantitative estimate of drug-likeness (QED) is 0.314. The molecular formula is C33H37N7O2. The maximum Gasteiger partial charge on any atom is 0.260 e. The maximum absolute atomic E-state index is 14.3. The highest BCUT2D eigenvalue weighted by Gasteiger charge is 2.27. The summed E-state index contributed by atoms with van der Waals surface area (Å²) in [6, 6.07) is 18.5. The zero-order valence-corrected chi connectivity index (χ0v) is 23.8. The Morgan fingerprint density at radius 1 is 1.05 bits per heavy atom. The first-order chi connectivity index (χ1) is 20.6. The molecule has 42 heavy (non-hydrogen) atoms. The summed E-state index contributed by atoms with van der Waals surface area (Å²) in [6.07, 6.45) is 4.31. The van der Waals surface area contributed by atoms with Crippen molar-refractivity contribution >= 4 is 39.6 Å². The first-order valence-electron chi connectivity index (χ1n) is 15.0. The van der Waals surface area contributed by atoms with Crippen molar-refractivity contribution in [2.75, 3.05) is 61.5 Å². The summed E-state index contributed by atoms with van der Waals surface area (Å²) in [7, 11) is 0. The molecule has 1 atom stereocenters. The lowest BCUT2D eigenvalue weighted by Crippen LogP contribution is -2.43. The van der Waals surface area contributed by atoms with E-state index >= 15 is 0 Å². The Morgan fingerprint density at radius 2 is 1.83 bits per heavy atom. The summed E-state index contributed by atoms with van der Waals surface area (Å²) >= 11 is 0. The summed E-state index contributed by atoms with van der Waals surface area (Å²) in [5.74, 6) is 0.694. The monoisotopic (exact) mass is 563 g/mol. The zero-order valence-electron chi connectivity index (χ0n) is 23.8. The number of hydrogen-bond acceptors (Lipinski definition) is 8. The average Bonchev–Trinajstić information content (AvgIpc) is 3.05. The van der Waals surface area contributed by atoms with Crippen molar-refractivity contribution in [3.05, 3.63) is 88.9 Å². The molecule has 3 N–H and O–H groups in total. The molecule has 1 unspecified atom stereocenters. The minimum atomic E-state index is -0.0987. The van der Waals surface area contributed by atoms with Crippen LogP contribution in [0, 0.1) is 5.92 Å². The first kappa shape index (κ1) is 26.7. The molecule has 0 bridgehead atoms. The number of aromatic nitrogens is 3. The molecule has 0 spiro atoms. The lowest BCUT2D eigenvalue weighted by Gasteiger charge is -2.30. The molecule has 3 aliphatic rings. The zero-order chi connectivity index (χ0) is 28.5. The van der Waals surface area contributed by atoms with Gasteiger partial charge in [0.1, 0.15) is 5.65 Å². The standard InChI is InChI=1S/C33H37N7O2/c1-22(23-10-16-42-17-11-23)29-19-25-20-36-33(37-26-6-8-27(9-7-26)39-14-12-34-13-15-39)38-31(25)40(32(29)41)28-18-24-4-2-3-5-30(24)35-21-28/h2-9,19-20,23,28,34-35H,1,10-18,21H2,(H,36,37,38). The molecule has 3 aliphatic heterocycles. The van der Waals surface area contributed by atoms with Gasteiger partial charge >= 0.3 is 0 Å². The van der Waals surface area contributed by atoms with Gasteiger partial charge in [0, 0.05) is 80.1 Å². The average molecular weight is 564 g/mol. The minimum Gasteiger partial charge on any atom is -0.383 e. The SMILES string of the molecule is C=C(c1cc2cnc(Nc3ccc(N4CCNCC4)cc3)nc2n(C2CNc3ccccc3C2)c1=O)C1CCOCC1. The van der Waals surface area contributed by atoms with Gasteiger partial charge in [-0.05, 0) is 72.7 Å². The highest BCUT2D eigenvalue weighted by atomic mass is 16.5. The van der Waals surface area contributed by atoms with Crippen LogP contribution in [0.25, 0.3) is 16.6 Å². The summed E-state index contributed by atoms with van der Waals surface area (Å²) in [6.45, 7) is 10.4. The van der Waals surface area contributed by atoms with E-state index in [0.717, 1.165) is 67.8 Å². The van der Waals surface area contributed by atoms with Crippen molar-refractivity contribution in [1.82, 2.24) is 19.9 Å². The summed E-state index contributed by atoms with van der Waals surface area (Å²) < 4.78 is 7.45. The van der Waals surface area contributed by atoms with E-state index in [1.165, 1.54) is 11.3 Å². The fraction of sp³-hybridized carbons (Fsp3) is 0.364. The molecule has 2 aromatic heterocycles. The van der Waals surface area contributed by atoms with Crippen LogP contribution in [0.4, 0.5) is 23.0 Å². The van der Waals surface area contributed by atoms with Gasteiger partial charge in [-0.3, -0.25) is 9.36 Å². The van der Waals surface area contributed by atoms with Crippen LogP contribution in [-0.2, 0) is 11.2 Å². The van der Waals surface area contributed by atoms with E-state index in [2.05, 4.69) is 68.8 Å². The van der Waals surface area contributed by atoms with E-state index in [-0.39, 0.29) is 17.5 Å². The predicted molar refractivity (Wildman–Crippen MR) is 169 cm³/mol. The third kappa shape index (κ3) is 5.26. The topological polar surface area (TPSA) is 96.3 Å². The molecule has 0 amide bonds. The third-order valence-electron chi connectivity index (χ3n) is 8.80. The molecule has 216 valence electrons. The van der Waals surface area contributed by atoms with Crippen molar-refractivity contribution in [3.8, 4) is 0 Å². The largest absolute Gasteiger partial charge is 0.383 e. The Labute approximate surface area is 245 Å². The first-order valence-corrected chi connectivity index (χ1v) is 15.0. The molecule has 9 nitrogen and oxygen atoms in total. The number of nitrogens with one attached hydrogen (secondary N) is 3. The van der Waals surface area contributed by atoms with Crippen LogP contribution in [0.3, 0.4) is 0 Å². The number of para-hydroxylation sites is 1. The summed E-state index contributed by atoms with van der Waals surface area (Å²) in [5.41, 5.74) is 6.54. The van der Waals surface area contributed by atoms with Crippen molar-refractivity contribution in [1.29, 1.82) is 0 Å². The molecule has 2 aromatic carbocycles.